The molecule has 3 rings (SSSR count). The van der Waals surface area contributed by atoms with Gasteiger partial charge in [0.2, 0.25) is 0 Å². The Balaban J connectivity index is 1.74. The number of furan rings is 1. The molecule has 0 unspecified atom stereocenters. The van der Waals surface area contributed by atoms with Gasteiger partial charge in [0, 0.05) is 18.5 Å². The predicted molar refractivity (Wildman–Crippen MR) is 74.5 cm³/mol. The molecule has 0 N–H and O–H groups in total. The zero-order chi connectivity index (χ0) is 15.7. The normalized spacial score (nSPS) is 19.4. The van der Waals surface area contributed by atoms with Crippen LogP contribution in [0.5, 0.6) is 0 Å². The molecule has 1 amide bonds. The molecule has 0 bridgehead atoms. The van der Waals surface area contributed by atoms with Crippen LogP contribution in [0.1, 0.15) is 23.3 Å². The SMILES string of the molecule is O=C(c1csc(-c2ccco2)n1)N1CCC[C@H](C(F)(F)F)C1. The summed E-state index contributed by atoms with van der Waals surface area (Å²) in [5.74, 6) is -1.37. The molecule has 2 aromatic rings. The van der Waals surface area contributed by atoms with E-state index in [0.717, 1.165) is 0 Å². The lowest BCUT2D eigenvalue weighted by molar-refractivity contribution is -0.184. The van der Waals surface area contributed by atoms with Crippen LogP contribution in [-0.2, 0) is 0 Å². The summed E-state index contributed by atoms with van der Waals surface area (Å²) in [7, 11) is 0. The van der Waals surface area contributed by atoms with Gasteiger partial charge in [0.15, 0.2) is 10.8 Å². The van der Waals surface area contributed by atoms with Gasteiger partial charge in [-0.25, -0.2) is 4.98 Å². The van der Waals surface area contributed by atoms with Gasteiger partial charge in [0.25, 0.3) is 5.91 Å². The fourth-order valence-electron chi connectivity index (χ4n) is 2.48. The molecule has 118 valence electrons. The highest BCUT2D eigenvalue weighted by Crippen LogP contribution is 2.34. The average Bonchev–Trinajstić information content (AvgIpc) is 3.16. The number of carbonyl (C=O) groups excluding carboxylic acids is 1. The van der Waals surface area contributed by atoms with Crippen molar-refractivity contribution >= 4 is 17.2 Å². The maximum Gasteiger partial charge on any atom is 0.393 e. The lowest BCUT2D eigenvalue weighted by Crippen LogP contribution is -2.44. The van der Waals surface area contributed by atoms with Crippen molar-refractivity contribution in [3.05, 3.63) is 29.5 Å². The highest BCUT2D eigenvalue weighted by Gasteiger charge is 2.43. The molecular weight excluding hydrogens is 317 g/mol. The third kappa shape index (κ3) is 3.01. The smallest absolute Gasteiger partial charge is 0.393 e. The van der Waals surface area contributed by atoms with Gasteiger partial charge in [0.05, 0.1) is 12.2 Å². The third-order valence-corrected chi connectivity index (χ3v) is 4.48. The maximum atomic E-state index is 12.8. The van der Waals surface area contributed by atoms with E-state index in [1.807, 2.05) is 0 Å². The first-order chi connectivity index (χ1) is 10.4. The lowest BCUT2D eigenvalue weighted by atomic mass is 9.97. The van der Waals surface area contributed by atoms with Crippen LogP contribution in [-0.4, -0.2) is 35.1 Å². The Kier molecular flexibility index (Phi) is 3.94. The number of hydrogen-bond donors (Lipinski definition) is 0. The second-order valence-corrected chi connectivity index (χ2v) is 6.01. The van der Waals surface area contributed by atoms with Crippen molar-refractivity contribution < 1.29 is 22.4 Å². The van der Waals surface area contributed by atoms with Crippen LogP contribution in [0.25, 0.3) is 10.8 Å². The molecule has 0 spiro atoms. The molecule has 22 heavy (non-hydrogen) atoms. The summed E-state index contributed by atoms with van der Waals surface area (Å²) in [6, 6.07) is 3.42. The van der Waals surface area contributed by atoms with E-state index in [0.29, 0.717) is 23.7 Å². The molecule has 0 aliphatic carbocycles. The first-order valence-electron chi connectivity index (χ1n) is 6.80. The van der Waals surface area contributed by atoms with E-state index >= 15 is 0 Å². The Morgan fingerprint density at radius 1 is 1.45 bits per heavy atom. The minimum absolute atomic E-state index is 0.0714. The summed E-state index contributed by atoms with van der Waals surface area (Å²) in [6.45, 7) is 0.0367. The molecule has 2 aromatic heterocycles. The first kappa shape index (κ1) is 15.1. The van der Waals surface area contributed by atoms with Gasteiger partial charge in [-0.2, -0.15) is 13.2 Å². The Labute approximate surface area is 128 Å². The zero-order valence-corrected chi connectivity index (χ0v) is 12.3. The fourth-order valence-corrected chi connectivity index (χ4v) is 3.24. The number of alkyl halides is 3. The van der Waals surface area contributed by atoms with Crippen molar-refractivity contribution in [3.63, 3.8) is 0 Å². The molecule has 3 heterocycles. The van der Waals surface area contributed by atoms with E-state index in [2.05, 4.69) is 4.98 Å². The molecule has 1 aliphatic rings. The molecule has 1 atom stereocenters. The summed E-state index contributed by atoms with van der Waals surface area (Å²) >= 11 is 1.23. The summed E-state index contributed by atoms with van der Waals surface area (Å²) < 4.78 is 43.6. The summed E-state index contributed by atoms with van der Waals surface area (Å²) in [5.41, 5.74) is 0.166. The van der Waals surface area contributed by atoms with Crippen molar-refractivity contribution in [1.82, 2.24) is 9.88 Å². The number of likely N-dealkylation sites (tertiary alicyclic amines) is 1. The van der Waals surface area contributed by atoms with Gasteiger partial charge in [0.1, 0.15) is 5.69 Å². The van der Waals surface area contributed by atoms with Crippen molar-refractivity contribution in [2.24, 2.45) is 5.92 Å². The molecule has 1 saturated heterocycles. The van der Waals surface area contributed by atoms with E-state index in [-0.39, 0.29) is 18.7 Å². The molecular formula is C14H13F3N2O2S. The number of piperidine rings is 1. The molecule has 4 nitrogen and oxygen atoms in total. The average molecular weight is 330 g/mol. The standard InChI is InChI=1S/C14H13F3N2O2S/c15-14(16,17)9-3-1-5-19(7-9)13(20)10-8-22-12(18-10)11-4-2-6-21-11/h2,4,6,8-9H,1,3,5,7H2/t9-/m0/s1. The zero-order valence-electron chi connectivity index (χ0n) is 11.5. The highest BCUT2D eigenvalue weighted by atomic mass is 32.1. The molecule has 0 saturated carbocycles. The number of rotatable bonds is 2. The number of halogens is 3. The van der Waals surface area contributed by atoms with Crippen molar-refractivity contribution in [2.75, 3.05) is 13.1 Å². The van der Waals surface area contributed by atoms with Crippen LogP contribution in [0.4, 0.5) is 13.2 Å². The van der Waals surface area contributed by atoms with Crippen molar-refractivity contribution in [2.45, 2.75) is 19.0 Å². The number of nitrogens with zero attached hydrogens (tertiary/aromatic N) is 2. The minimum Gasteiger partial charge on any atom is -0.462 e. The molecule has 8 heteroatoms. The van der Waals surface area contributed by atoms with Gasteiger partial charge < -0.3 is 9.32 Å². The van der Waals surface area contributed by atoms with Crippen LogP contribution in [0.2, 0.25) is 0 Å². The van der Waals surface area contributed by atoms with Crippen molar-refractivity contribution in [3.8, 4) is 10.8 Å². The monoisotopic (exact) mass is 330 g/mol. The minimum atomic E-state index is -4.26. The molecule has 1 aliphatic heterocycles. The Morgan fingerprint density at radius 3 is 2.95 bits per heavy atom. The molecule has 1 fully saturated rings. The largest absolute Gasteiger partial charge is 0.462 e. The second kappa shape index (κ2) is 5.75. The van der Waals surface area contributed by atoms with E-state index in [9.17, 15) is 18.0 Å². The summed E-state index contributed by atoms with van der Waals surface area (Å²) in [4.78, 5) is 17.7. The van der Waals surface area contributed by atoms with E-state index < -0.39 is 18.0 Å². The van der Waals surface area contributed by atoms with Crippen LogP contribution in [0, 0.1) is 5.92 Å². The summed E-state index contributed by atoms with van der Waals surface area (Å²) in [5, 5.41) is 2.09. The number of carbonyl (C=O) groups is 1. The van der Waals surface area contributed by atoms with Gasteiger partial charge >= 0.3 is 6.18 Å². The fraction of sp³-hybridized carbons (Fsp3) is 0.429. The van der Waals surface area contributed by atoms with Gasteiger partial charge in [-0.1, -0.05) is 0 Å². The Hall–Kier alpha value is -1.83. The van der Waals surface area contributed by atoms with Gasteiger partial charge in [-0.05, 0) is 25.0 Å². The highest BCUT2D eigenvalue weighted by molar-refractivity contribution is 7.13. The van der Waals surface area contributed by atoms with E-state index in [4.69, 9.17) is 4.42 Å². The van der Waals surface area contributed by atoms with E-state index in [1.54, 1.807) is 17.5 Å². The second-order valence-electron chi connectivity index (χ2n) is 5.15. The Morgan fingerprint density at radius 2 is 2.27 bits per heavy atom. The van der Waals surface area contributed by atoms with Crippen LogP contribution >= 0.6 is 11.3 Å². The Bertz CT molecular complexity index is 651. The van der Waals surface area contributed by atoms with Crippen molar-refractivity contribution in [1.29, 1.82) is 0 Å². The topological polar surface area (TPSA) is 46.3 Å². The predicted octanol–water partition coefficient (Wildman–Crippen LogP) is 3.82. The van der Waals surface area contributed by atoms with Crippen LogP contribution in [0.15, 0.2) is 28.2 Å². The van der Waals surface area contributed by atoms with Gasteiger partial charge in [-0.3, -0.25) is 4.79 Å². The number of aromatic nitrogens is 1. The summed E-state index contributed by atoms with van der Waals surface area (Å²) in [6.07, 6.45) is -2.34. The van der Waals surface area contributed by atoms with Crippen LogP contribution in [0.3, 0.4) is 0 Å². The van der Waals surface area contributed by atoms with Crippen LogP contribution < -0.4 is 0 Å². The molecule has 0 aromatic carbocycles. The van der Waals surface area contributed by atoms with Gasteiger partial charge in [-0.15, -0.1) is 11.3 Å². The quantitative estimate of drug-likeness (QED) is 0.841. The number of hydrogen-bond acceptors (Lipinski definition) is 4. The molecule has 0 radical (unpaired) electrons. The van der Waals surface area contributed by atoms with E-state index in [1.165, 1.54) is 22.5 Å². The third-order valence-electron chi connectivity index (χ3n) is 3.63. The number of thiazole rings is 1. The number of amides is 1. The maximum absolute atomic E-state index is 12.8. The lowest BCUT2D eigenvalue weighted by Gasteiger charge is -2.33. The first-order valence-corrected chi connectivity index (χ1v) is 7.68.